The number of benzene rings is 1. The van der Waals surface area contributed by atoms with E-state index in [0.717, 1.165) is 16.7 Å². The summed E-state index contributed by atoms with van der Waals surface area (Å²) in [5.74, 6) is 0.0975. The van der Waals surface area contributed by atoms with Gasteiger partial charge in [0.05, 0.1) is 12.3 Å². The zero-order valence-corrected chi connectivity index (χ0v) is 12.2. The number of hydrogen-bond acceptors (Lipinski definition) is 3. The van der Waals surface area contributed by atoms with Crippen molar-refractivity contribution in [3.05, 3.63) is 78.5 Å². The lowest BCUT2D eigenvalue weighted by atomic mass is 10.1. The molecule has 22 heavy (non-hydrogen) atoms. The van der Waals surface area contributed by atoms with Gasteiger partial charge in [-0.2, -0.15) is 0 Å². The minimum Gasteiger partial charge on any atom is -0.459 e. The van der Waals surface area contributed by atoms with Crippen LogP contribution in [-0.4, -0.2) is 10.9 Å². The van der Waals surface area contributed by atoms with Crippen LogP contribution >= 0.6 is 0 Å². The van der Waals surface area contributed by atoms with Crippen molar-refractivity contribution in [3.8, 4) is 11.1 Å². The van der Waals surface area contributed by atoms with Crippen LogP contribution in [0, 0.1) is 0 Å². The molecule has 0 spiro atoms. The van der Waals surface area contributed by atoms with Gasteiger partial charge in [-0.15, -0.1) is 0 Å². The van der Waals surface area contributed by atoms with Gasteiger partial charge in [0.2, 0.25) is 0 Å². The first-order chi connectivity index (χ1) is 10.8. The lowest BCUT2D eigenvalue weighted by Crippen LogP contribution is -2.26. The van der Waals surface area contributed by atoms with Crippen LogP contribution in [-0.2, 0) is 0 Å². The van der Waals surface area contributed by atoms with Crippen molar-refractivity contribution in [2.45, 2.75) is 13.0 Å². The standard InChI is InChI=1S/C18H16N2O2/c1-13(14-7-10-19-11-8-14)20-18(21)17-16(9-12-22-17)15-5-3-2-4-6-15/h2-13H,1H3,(H,20,21)/t13-/m1/s1. The van der Waals surface area contributed by atoms with Crippen molar-refractivity contribution in [1.82, 2.24) is 10.3 Å². The fraction of sp³-hybridized carbons (Fsp3) is 0.111. The van der Waals surface area contributed by atoms with Gasteiger partial charge in [0.15, 0.2) is 5.76 Å². The summed E-state index contributed by atoms with van der Waals surface area (Å²) in [5.41, 5.74) is 2.74. The van der Waals surface area contributed by atoms with Crippen molar-refractivity contribution >= 4 is 5.91 Å². The zero-order chi connectivity index (χ0) is 15.4. The average Bonchev–Trinajstić information content (AvgIpc) is 3.06. The summed E-state index contributed by atoms with van der Waals surface area (Å²) >= 11 is 0. The highest BCUT2D eigenvalue weighted by Gasteiger charge is 2.18. The SMILES string of the molecule is C[C@@H](NC(=O)c1occc1-c1ccccc1)c1ccncc1. The van der Waals surface area contributed by atoms with E-state index in [-0.39, 0.29) is 11.9 Å². The molecule has 2 aromatic heterocycles. The van der Waals surface area contributed by atoms with E-state index in [4.69, 9.17) is 4.42 Å². The Labute approximate surface area is 128 Å². The summed E-state index contributed by atoms with van der Waals surface area (Å²) in [6.07, 6.45) is 4.95. The number of nitrogens with zero attached hydrogens (tertiary/aromatic N) is 1. The predicted octanol–water partition coefficient (Wildman–Crippen LogP) is 3.83. The van der Waals surface area contributed by atoms with Crippen LogP contribution in [0.1, 0.15) is 29.1 Å². The quantitative estimate of drug-likeness (QED) is 0.795. The molecule has 0 saturated heterocycles. The molecule has 0 saturated carbocycles. The molecule has 0 aliphatic rings. The molecule has 2 heterocycles. The van der Waals surface area contributed by atoms with Crippen molar-refractivity contribution in [1.29, 1.82) is 0 Å². The van der Waals surface area contributed by atoms with Crippen molar-refractivity contribution in [3.63, 3.8) is 0 Å². The summed E-state index contributed by atoms with van der Waals surface area (Å²) in [4.78, 5) is 16.4. The Morgan fingerprint density at radius 1 is 1.09 bits per heavy atom. The minimum absolute atomic E-state index is 0.121. The molecule has 4 heteroatoms. The van der Waals surface area contributed by atoms with E-state index < -0.39 is 0 Å². The van der Waals surface area contributed by atoms with E-state index in [1.807, 2.05) is 49.4 Å². The Balaban J connectivity index is 1.81. The van der Waals surface area contributed by atoms with E-state index in [0.29, 0.717) is 5.76 Å². The smallest absolute Gasteiger partial charge is 0.288 e. The van der Waals surface area contributed by atoms with Gasteiger partial charge in [-0.3, -0.25) is 9.78 Å². The fourth-order valence-corrected chi connectivity index (χ4v) is 2.33. The molecule has 0 bridgehead atoms. The van der Waals surface area contributed by atoms with Gasteiger partial charge in [-0.25, -0.2) is 0 Å². The van der Waals surface area contributed by atoms with E-state index >= 15 is 0 Å². The van der Waals surface area contributed by atoms with E-state index in [1.165, 1.54) is 6.26 Å². The van der Waals surface area contributed by atoms with Crippen LogP contribution in [0.25, 0.3) is 11.1 Å². The number of hydrogen-bond donors (Lipinski definition) is 1. The second-order valence-electron chi connectivity index (χ2n) is 5.01. The summed E-state index contributed by atoms with van der Waals surface area (Å²) < 4.78 is 5.39. The first kappa shape index (κ1) is 14.1. The first-order valence-corrected chi connectivity index (χ1v) is 7.09. The third-order valence-corrected chi connectivity index (χ3v) is 3.51. The molecular weight excluding hydrogens is 276 g/mol. The summed E-state index contributed by atoms with van der Waals surface area (Å²) in [5, 5.41) is 2.95. The molecule has 0 radical (unpaired) electrons. The van der Waals surface area contributed by atoms with Crippen LogP contribution in [0.5, 0.6) is 0 Å². The fourth-order valence-electron chi connectivity index (χ4n) is 2.33. The monoisotopic (exact) mass is 292 g/mol. The molecule has 3 aromatic rings. The van der Waals surface area contributed by atoms with Gasteiger partial charge in [-0.05, 0) is 36.2 Å². The maximum absolute atomic E-state index is 12.5. The zero-order valence-electron chi connectivity index (χ0n) is 12.2. The normalized spacial score (nSPS) is 11.9. The predicted molar refractivity (Wildman–Crippen MR) is 84.3 cm³/mol. The Hall–Kier alpha value is -2.88. The Bertz CT molecular complexity index is 751. The molecule has 0 fully saturated rings. The van der Waals surface area contributed by atoms with Gasteiger partial charge in [0.1, 0.15) is 0 Å². The summed E-state index contributed by atoms with van der Waals surface area (Å²) in [7, 11) is 0. The van der Waals surface area contributed by atoms with Crippen LogP contribution in [0.2, 0.25) is 0 Å². The molecule has 1 amide bonds. The summed E-state index contributed by atoms with van der Waals surface area (Å²) in [6.45, 7) is 1.93. The molecule has 0 aliphatic heterocycles. The minimum atomic E-state index is -0.229. The van der Waals surface area contributed by atoms with Crippen LogP contribution in [0.15, 0.2) is 71.6 Å². The maximum Gasteiger partial charge on any atom is 0.288 e. The summed E-state index contributed by atoms with van der Waals surface area (Å²) in [6, 6.07) is 15.2. The van der Waals surface area contributed by atoms with E-state index in [9.17, 15) is 4.79 Å². The maximum atomic E-state index is 12.5. The Morgan fingerprint density at radius 2 is 1.82 bits per heavy atom. The molecule has 1 aromatic carbocycles. The van der Waals surface area contributed by atoms with Gasteiger partial charge in [0, 0.05) is 18.0 Å². The van der Waals surface area contributed by atoms with E-state index in [2.05, 4.69) is 10.3 Å². The number of nitrogens with one attached hydrogen (secondary N) is 1. The van der Waals surface area contributed by atoms with Crippen LogP contribution in [0.3, 0.4) is 0 Å². The topological polar surface area (TPSA) is 55.1 Å². The van der Waals surface area contributed by atoms with Crippen molar-refractivity contribution in [2.24, 2.45) is 0 Å². The lowest BCUT2D eigenvalue weighted by Gasteiger charge is -2.13. The number of rotatable bonds is 4. The molecule has 4 nitrogen and oxygen atoms in total. The largest absolute Gasteiger partial charge is 0.459 e. The molecule has 1 atom stereocenters. The van der Waals surface area contributed by atoms with Gasteiger partial charge < -0.3 is 9.73 Å². The number of aromatic nitrogens is 1. The molecular formula is C18H16N2O2. The number of carbonyl (C=O) groups is 1. The highest BCUT2D eigenvalue weighted by atomic mass is 16.3. The number of pyridine rings is 1. The van der Waals surface area contributed by atoms with Gasteiger partial charge in [0.25, 0.3) is 5.91 Å². The molecule has 0 unspecified atom stereocenters. The highest BCUT2D eigenvalue weighted by molar-refractivity contribution is 5.98. The van der Waals surface area contributed by atoms with Crippen LogP contribution < -0.4 is 5.32 Å². The Kier molecular flexibility index (Phi) is 4.01. The Morgan fingerprint density at radius 3 is 2.55 bits per heavy atom. The van der Waals surface area contributed by atoms with Gasteiger partial charge in [-0.1, -0.05) is 30.3 Å². The molecule has 3 rings (SSSR count). The third-order valence-electron chi connectivity index (χ3n) is 3.51. The van der Waals surface area contributed by atoms with Crippen LogP contribution in [0.4, 0.5) is 0 Å². The molecule has 110 valence electrons. The number of furan rings is 1. The van der Waals surface area contributed by atoms with Crippen molar-refractivity contribution in [2.75, 3.05) is 0 Å². The third kappa shape index (κ3) is 2.91. The molecule has 0 aliphatic carbocycles. The number of carbonyl (C=O) groups excluding carboxylic acids is 1. The van der Waals surface area contributed by atoms with Gasteiger partial charge >= 0.3 is 0 Å². The van der Waals surface area contributed by atoms with E-state index in [1.54, 1.807) is 18.5 Å². The average molecular weight is 292 g/mol. The second kappa shape index (κ2) is 6.26. The first-order valence-electron chi connectivity index (χ1n) is 7.09. The lowest BCUT2D eigenvalue weighted by molar-refractivity contribution is 0.0913. The number of amides is 1. The second-order valence-corrected chi connectivity index (χ2v) is 5.01. The highest BCUT2D eigenvalue weighted by Crippen LogP contribution is 2.25. The van der Waals surface area contributed by atoms with Crippen molar-refractivity contribution < 1.29 is 9.21 Å². The molecule has 1 N–H and O–H groups in total.